The minimum Gasteiger partial charge on any atom is -0.478 e. The third-order valence-electron chi connectivity index (χ3n) is 2.77. The van der Waals surface area contributed by atoms with Gasteiger partial charge in [0, 0.05) is 18.0 Å². The van der Waals surface area contributed by atoms with Crippen LogP contribution in [-0.2, 0) is 6.18 Å². The van der Waals surface area contributed by atoms with E-state index in [2.05, 4.69) is 4.98 Å². The maximum absolute atomic E-state index is 13.0. The number of pyridine rings is 1. The van der Waals surface area contributed by atoms with Gasteiger partial charge >= 0.3 is 12.1 Å². The molecule has 0 radical (unpaired) electrons. The number of carboxylic acids is 1. The molecule has 2 rings (SSSR count). The second kappa shape index (κ2) is 4.96. The molecule has 20 heavy (non-hydrogen) atoms. The first-order valence-corrected chi connectivity index (χ1v) is 5.66. The van der Waals surface area contributed by atoms with E-state index in [0.29, 0.717) is 11.1 Å². The van der Waals surface area contributed by atoms with Crippen LogP contribution in [0.3, 0.4) is 0 Å². The van der Waals surface area contributed by atoms with Crippen molar-refractivity contribution in [1.82, 2.24) is 4.98 Å². The molecule has 0 bridgehead atoms. The summed E-state index contributed by atoms with van der Waals surface area (Å²) < 4.78 is 39.0. The number of carbonyl (C=O) groups is 1. The van der Waals surface area contributed by atoms with Gasteiger partial charge in [-0.3, -0.25) is 4.98 Å². The van der Waals surface area contributed by atoms with Gasteiger partial charge in [0.05, 0.1) is 11.1 Å². The van der Waals surface area contributed by atoms with Crippen LogP contribution in [0.4, 0.5) is 13.2 Å². The molecule has 6 heteroatoms. The van der Waals surface area contributed by atoms with Crippen LogP contribution in [0.2, 0.25) is 0 Å². The zero-order chi connectivity index (χ0) is 14.9. The van der Waals surface area contributed by atoms with Gasteiger partial charge in [0.15, 0.2) is 0 Å². The lowest BCUT2D eigenvalue weighted by molar-refractivity contribution is -0.138. The number of aryl methyl sites for hydroxylation is 1. The second-order valence-corrected chi connectivity index (χ2v) is 4.28. The molecular weight excluding hydrogens is 271 g/mol. The number of halogens is 3. The second-order valence-electron chi connectivity index (χ2n) is 4.28. The van der Waals surface area contributed by atoms with Crippen molar-refractivity contribution in [2.45, 2.75) is 13.1 Å². The van der Waals surface area contributed by atoms with Crippen molar-refractivity contribution in [2.75, 3.05) is 0 Å². The van der Waals surface area contributed by atoms with Crippen LogP contribution in [0.15, 0.2) is 36.7 Å². The summed E-state index contributed by atoms with van der Waals surface area (Å²) in [5.74, 6) is -1.61. The van der Waals surface area contributed by atoms with E-state index >= 15 is 0 Å². The van der Waals surface area contributed by atoms with Crippen LogP contribution in [0.1, 0.15) is 21.5 Å². The zero-order valence-electron chi connectivity index (χ0n) is 10.4. The van der Waals surface area contributed by atoms with Gasteiger partial charge in [-0.2, -0.15) is 13.2 Å². The predicted octanol–water partition coefficient (Wildman–Crippen LogP) is 3.77. The molecule has 1 aromatic carbocycles. The monoisotopic (exact) mass is 281 g/mol. The Hall–Kier alpha value is -2.37. The average molecular weight is 281 g/mol. The molecule has 104 valence electrons. The smallest absolute Gasteiger partial charge is 0.417 e. The van der Waals surface area contributed by atoms with E-state index in [-0.39, 0.29) is 5.56 Å². The molecule has 0 spiro atoms. The first-order chi connectivity index (χ1) is 9.30. The molecule has 0 amide bonds. The number of aromatic carboxylic acids is 1. The molecule has 1 heterocycles. The molecule has 0 unspecified atom stereocenters. The van der Waals surface area contributed by atoms with Crippen LogP contribution < -0.4 is 0 Å². The third-order valence-corrected chi connectivity index (χ3v) is 2.77. The molecule has 1 N–H and O–H groups in total. The van der Waals surface area contributed by atoms with E-state index in [0.717, 1.165) is 6.07 Å². The molecule has 0 fully saturated rings. The Balaban J connectivity index is 2.81. The zero-order valence-corrected chi connectivity index (χ0v) is 10.4. The highest BCUT2D eigenvalue weighted by Gasteiger charge is 2.37. The lowest BCUT2D eigenvalue weighted by Crippen LogP contribution is -2.14. The lowest BCUT2D eigenvalue weighted by atomic mass is 9.93. The highest BCUT2D eigenvalue weighted by atomic mass is 19.4. The Morgan fingerprint density at radius 2 is 2.00 bits per heavy atom. The van der Waals surface area contributed by atoms with E-state index in [9.17, 15) is 18.0 Å². The fraction of sp³-hybridized carbons (Fsp3) is 0.143. The van der Waals surface area contributed by atoms with Gasteiger partial charge < -0.3 is 5.11 Å². The Bertz CT molecular complexity index is 651. The van der Waals surface area contributed by atoms with Crippen LogP contribution in [0, 0.1) is 6.92 Å². The molecule has 0 saturated carbocycles. The van der Waals surface area contributed by atoms with Crippen LogP contribution in [0.25, 0.3) is 11.1 Å². The highest BCUT2D eigenvalue weighted by molar-refractivity contribution is 5.98. The van der Waals surface area contributed by atoms with Crippen molar-refractivity contribution in [3.05, 3.63) is 53.3 Å². The number of carboxylic acid groups (broad SMARTS) is 1. The van der Waals surface area contributed by atoms with E-state index < -0.39 is 23.3 Å². The molecule has 0 saturated heterocycles. The van der Waals surface area contributed by atoms with E-state index in [4.69, 9.17) is 5.11 Å². The van der Waals surface area contributed by atoms with Crippen LogP contribution >= 0.6 is 0 Å². The number of nitrogens with zero attached hydrogens (tertiary/aromatic N) is 1. The van der Waals surface area contributed by atoms with Crippen molar-refractivity contribution < 1.29 is 23.1 Å². The normalized spacial score (nSPS) is 11.4. The standard InChI is InChI=1S/C14H10F3NO2/c1-8-5-10(9-3-2-4-18-7-9)12(13(19)20)11(6-8)14(15,16)17/h2-7H,1H3,(H,19,20). The molecular formula is C14H10F3NO2. The van der Waals surface area contributed by atoms with Crippen molar-refractivity contribution >= 4 is 5.97 Å². The third kappa shape index (κ3) is 2.64. The first kappa shape index (κ1) is 14.0. The average Bonchev–Trinajstić information content (AvgIpc) is 2.37. The summed E-state index contributed by atoms with van der Waals surface area (Å²) in [6.07, 6.45) is -1.93. The predicted molar refractivity (Wildman–Crippen MR) is 66.4 cm³/mol. The highest BCUT2D eigenvalue weighted by Crippen LogP contribution is 2.37. The Kier molecular flexibility index (Phi) is 3.48. The number of alkyl halides is 3. The minimum absolute atomic E-state index is 0.0120. The fourth-order valence-electron chi connectivity index (χ4n) is 1.99. The van der Waals surface area contributed by atoms with Gasteiger partial charge in [0.1, 0.15) is 0 Å². The van der Waals surface area contributed by atoms with E-state index in [1.165, 1.54) is 37.5 Å². The van der Waals surface area contributed by atoms with Crippen molar-refractivity contribution in [3.8, 4) is 11.1 Å². The largest absolute Gasteiger partial charge is 0.478 e. The quantitative estimate of drug-likeness (QED) is 0.911. The summed E-state index contributed by atoms with van der Waals surface area (Å²) in [7, 11) is 0. The van der Waals surface area contributed by atoms with Gasteiger partial charge in [-0.15, -0.1) is 0 Å². The Morgan fingerprint density at radius 1 is 1.30 bits per heavy atom. The summed E-state index contributed by atoms with van der Waals surface area (Å²) in [6, 6.07) is 5.31. The van der Waals surface area contributed by atoms with Gasteiger partial charge in [0.25, 0.3) is 0 Å². The lowest BCUT2D eigenvalue weighted by Gasteiger charge is -2.15. The molecule has 0 aliphatic carbocycles. The molecule has 3 nitrogen and oxygen atoms in total. The summed E-state index contributed by atoms with van der Waals surface area (Å²) in [5.41, 5.74) is -1.22. The summed E-state index contributed by atoms with van der Waals surface area (Å²) in [6.45, 7) is 1.49. The molecule has 0 aliphatic heterocycles. The molecule has 1 aromatic heterocycles. The fourth-order valence-corrected chi connectivity index (χ4v) is 1.99. The number of benzene rings is 1. The summed E-state index contributed by atoms with van der Waals surface area (Å²) >= 11 is 0. The van der Waals surface area contributed by atoms with Crippen LogP contribution in [-0.4, -0.2) is 16.1 Å². The van der Waals surface area contributed by atoms with Crippen LogP contribution in [0.5, 0.6) is 0 Å². The van der Waals surface area contributed by atoms with Gasteiger partial charge in [-0.1, -0.05) is 12.1 Å². The number of aromatic nitrogens is 1. The number of hydrogen-bond acceptors (Lipinski definition) is 2. The summed E-state index contributed by atoms with van der Waals surface area (Å²) in [4.78, 5) is 15.1. The number of rotatable bonds is 2. The molecule has 2 aromatic rings. The van der Waals surface area contributed by atoms with Crippen molar-refractivity contribution in [3.63, 3.8) is 0 Å². The van der Waals surface area contributed by atoms with E-state index in [1.54, 1.807) is 0 Å². The first-order valence-electron chi connectivity index (χ1n) is 5.66. The Morgan fingerprint density at radius 3 is 2.50 bits per heavy atom. The van der Waals surface area contributed by atoms with E-state index in [1.807, 2.05) is 0 Å². The maximum atomic E-state index is 13.0. The van der Waals surface area contributed by atoms with Crippen molar-refractivity contribution in [2.24, 2.45) is 0 Å². The van der Waals surface area contributed by atoms with Gasteiger partial charge in [-0.25, -0.2) is 4.79 Å². The Labute approximate surface area is 112 Å². The SMILES string of the molecule is Cc1cc(-c2cccnc2)c(C(=O)O)c(C(F)(F)F)c1. The number of hydrogen-bond donors (Lipinski definition) is 1. The molecule has 0 aliphatic rings. The minimum atomic E-state index is -4.73. The van der Waals surface area contributed by atoms with Gasteiger partial charge in [0.2, 0.25) is 0 Å². The molecule has 0 atom stereocenters. The maximum Gasteiger partial charge on any atom is 0.417 e. The summed E-state index contributed by atoms with van der Waals surface area (Å²) in [5, 5.41) is 9.14. The van der Waals surface area contributed by atoms with Crippen molar-refractivity contribution in [1.29, 1.82) is 0 Å². The topological polar surface area (TPSA) is 50.2 Å². The van der Waals surface area contributed by atoms with Gasteiger partial charge in [-0.05, 0) is 30.2 Å².